The lowest BCUT2D eigenvalue weighted by Gasteiger charge is -2.12. The van der Waals surface area contributed by atoms with Crippen LogP contribution in [-0.2, 0) is 11.2 Å². The number of non-ortho nitro benzene ring substituents is 1. The van der Waals surface area contributed by atoms with Gasteiger partial charge in [0.25, 0.3) is 16.8 Å². The van der Waals surface area contributed by atoms with Crippen LogP contribution in [0.5, 0.6) is 17.2 Å². The molecular formula is C26H21N3O8S. The van der Waals surface area contributed by atoms with Crippen molar-refractivity contribution in [2.75, 3.05) is 13.7 Å². The van der Waals surface area contributed by atoms with E-state index in [4.69, 9.17) is 9.47 Å². The lowest BCUT2D eigenvalue weighted by molar-refractivity contribution is -0.394. The first kappa shape index (κ1) is 26.4. The van der Waals surface area contributed by atoms with E-state index in [0.29, 0.717) is 18.5 Å². The number of methoxy groups -OCH3 is 1. The fourth-order valence-electron chi connectivity index (χ4n) is 3.76. The van der Waals surface area contributed by atoms with Crippen LogP contribution >= 0.6 is 11.8 Å². The first-order chi connectivity index (χ1) is 18.3. The van der Waals surface area contributed by atoms with Crippen molar-refractivity contribution in [3.05, 3.63) is 103 Å². The van der Waals surface area contributed by atoms with Crippen LogP contribution in [0.4, 0.5) is 16.2 Å². The van der Waals surface area contributed by atoms with Crippen LogP contribution in [0.1, 0.15) is 17.5 Å². The molecule has 0 spiro atoms. The number of hydrogen-bond acceptors (Lipinski definition) is 9. The van der Waals surface area contributed by atoms with E-state index in [1.807, 2.05) is 30.3 Å². The van der Waals surface area contributed by atoms with Crippen molar-refractivity contribution in [3.8, 4) is 17.2 Å². The van der Waals surface area contributed by atoms with E-state index >= 15 is 0 Å². The molecule has 38 heavy (non-hydrogen) atoms. The van der Waals surface area contributed by atoms with Gasteiger partial charge in [-0.2, -0.15) is 0 Å². The summed E-state index contributed by atoms with van der Waals surface area (Å²) < 4.78 is 11.0. The Labute approximate surface area is 221 Å². The number of nitrogens with zero attached hydrogens (tertiary/aromatic N) is 3. The second kappa shape index (κ2) is 11.6. The van der Waals surface area contributed by atoms with Gasteiger partial charge in [-0.3, -0.25) is 34.7 Å². The molecular weight excluding hydrogens is 514 g/mol. The van der Waals surface area contributed by atoms with Gasteiger partial charge in [-0.15, -0.1) is 0 Å². The van der Waals surface area contributed by atoms with Crippen molar-refractivity contribution in [1.29, 1.82) is 0 Å². The summed E-state index contributed by atoms with van der Waals surface area (Å²) >= 11 is 0.848. The van der Waals surface area contributed by atoms with Crippen molar-refractivity contribution in [1.82, 2.24) is 4.90 Å². The fraction of sp³-hybridized carbons (Fsp3) is 0.154. The van der Waals surface area contributed by atoms with Crippen molar-refractivity contribution in [2.45, 2.75) is 12.8 Å². The molecule has 3 aromatic rings. The zero-order chi connectivity index (χ0) is 27.2. The average molecular weight is 536 g/mol. The SMILES string of the molecule is COc1cc(/C=C2/SC(=O)N(CCCc3ccccc3)C2=O)ccc1Oc1ccc([N+](=O)[O-])cc1[N+](=O)[O-]. The van der Waals surface area contributed by atoms with Gasteiger partial charge in [-0.05, 0) is 60.0 Å². The highest BCUT2D eigenvalue weighted by molar-refractivity contribution is 8.18. The Hall–Kier alpha value is -4.71. The maximum absolute atomic E-state index is 12.9. The second-order valence-electron chi connectivity index (χ2n) is 8.10. The summed E-state index contributed by atoms with van der Waals surface area (Å²) in [6.45, 7) is 0.307. The Morgan fingerprint density at radius 3 is 2.34 bits per heavy atom. The number of aryl methyl sites for hydroxylation is 1. The standard InChI is InChI=1S/C26H21N3O8S/c1-36-23-14-18(9-11-22(23)37-21-12-10-19(28(32)33)16-20(21)29(34)35)15-24-25(30)27(26(31)38-24)13-5-8-17-6-3-2-4-7-17/h2-4,6-7,9-12,14-16H,5,8,13H2,1H3/b24-15+. The van der Waals surface area contributed by atoms with Gasteiger partial charge in [0.2, 0.25) is 5.75 Å². The molecule has 0 N–H and O–H groups in total. The molecule has 0 radical (unpaired) electrons. The van der Waals surface area contributed by atoms with Crippen molar-refractivity contribution >= 4 is 40.4 Å². The number of carbonyl (C=O) groups excluding carboxylic acids is 2. The molecule has 4 rings (SSSR count). The van der Waals surface area contributed by atoms with Gasteiger partial charge < -0.3 is 9.47 Å². The topological polar surface area (TPSA) is 142 Å². The second-order valence-corrected chi connectivity index (χ2v) is 9.09. The Morgan fingerprint density at radius 1 is 0.921 bits per heavy atom. The number of nitro groups is 2. The fourth-order valence-corrected chi connectivity index (χ4v) is 4.62. The highest BCUT2D eigenvalue weighted by atomic mass is 32.2. The molecule has 12 heteroatoms. The Balaban J connectivity index is 1.49. The summed E-state index contributed by atoms with van der Waals surface area (Å²) in [4.78, 5) is 47.6. The summed E-state index contributed by atoms with van der Waals surface area (Å²) in [5.74, 6) is -0.263. The number of benzene rings is 3. The molecule has 1 aliphatic heterocycles. The van der Waals surface area contributed by atoms with Gasteiger partial charge >= 0.3 is 5.69 Å². The van der Waals surface area contributed by atoms with E-state index in [9.17, 15) is 29.8 Å². The maximum Gasteiger partial charge on any atom is 0.318 e. The molecule has 0 atom stereocenters. The van der Waals surface area contributed by atoms with E-state index in [1.54, 1.807) is 18.2 Å². The third-order valence-corrected chi connectivity index (χ3v) is 6.53. The smallest absolute Gasteiger partial charge is 0.318 e. The van der Waals surface area contributed by atoms with E-state index in [0.717, 1.165) is 41.9 Å². The predicted octanol–water partition coefficient (Wildman–Crippen LogP) is 5.97. The van der Waals surface area contributed by atoms with E-state index in [-0.39, 0.29) is 33.3 Å². The predicted molar refractivity (Wildman–Crippen MR) is 140 cm³/mol. The molecule has 1 fully saturated rings. The number of imide groups is 1. The number of hydrogen-bond donors (Lipinski definition) is 0. The van der Waals surface area contributed by atoms with Gasteiger partial charge in [-0.25, -0.2) is 0 Å². The summed E-state index contributed by atoms with van der Waals surface area (Å²) in [7, 11) is 1.37. The van der Waals surface area contributed by atoms with Crippen LogP contribution < -0.4 is 9.47 Å². The minimum atomic E-state index is -0.779. The molecule has 1 saturated heterocycles. The van der Waals surface area contributed by atoms with Crippen LogP contribution in [-0.4, -0.2) is 39.5 Å². The van der Waals surface area contributed by atoms with E-state index < -0.39 is 21.2 Å². The molecule has 0 aromatic heterocycles. The third-order valence-electron chi connectivity index (χ3n) is 5.62. The summed E-state index contributed by atoms with van der Waals surface area (Å²) in [5, 5.41) is 22.0. The third kappa shape index (κ3) is 5.98. The van der Waals surface area contributed by atoms with Gasteiger partial charge in [0, 0.05) is 12.6 Å². The van der Waals surface area contributed by atoms with Gasteiger partial charge in [0.05, 0.1) is 27.9 Å². The molecule has 3 aromatic carbocycles. The highest BCUT2D eigenvalue weighted by Crippen LogP contribution is 2.39. The van der Waals surface area contributed by atoms with E-state index in [2.05, 4.69) is 0 Å². The number of ether oxygens (including phenoxy) is 2. The molecule has 2 amide bonds. The van der Waals surface area contributed by atoms with Gasteiger partial charge in [0.15, 0.2) is 11.5 Å². The number of nitro benzene ring substituents is 2. The zero-order valence-electron chi connectivity index (χ0n) is 20.1. The normalized spacial score (nSPS) is 14.1. The zero-order valence-corrected chi connectivity index (χ0v) is 20.9. The molecule has 1 heterocycles. The molecule has 0 bridgehead atoms. The van der Waals surface area contributed by atoms with E-state index in [1.165, 1.54) is 18.1 Å². The Bertz CT molecular complexity index is 1440. The van der Waals surface area contributed by atoms with Crippen molar-refractivity contribution in [3.63, 3.8) is 0 Å². The number of amides is 2. The monoisotopic (exact) mass is 535 g/mol. The first-order valence-electron chi connectivity index (χ1n) is 11.3. The lowest BCUT2D eigenvalue weighted by atomic mass is 10.1. The lowest BCUT2D eigenvalue weighted by Crippen LogP contribution is -2.29. The largest absolute Gasteiger partial charge is 0.493 e. The molecule has 194 valence electrons. The number of thioether (sulfide) groups is 1. The summed E-state index contributed by atoms with van der Waals surface area (Å²) in [6.07, 6.45) is 2.94. The van der Waals surface area contributed by atoms with Crippen molar-refractivity contribution < 1.29 is 28.9 Å². The minimum absolute atomic E-state index is 0.121. The summed E-state index contributed by atoms with van der Waals surface area (Å²) in [5.41, 5.74) is 0.650. The van der Waals surface area contributed by atoms with Gasteiger partial charge in [-0.1, -0.05) is 36.4 Å². The van der Waals surface area contributed by atoms with Crippen LogP contribution in [0, 0.1) is 20.2 Å². The highest BCUT2D eigenvalue weighted by Gasteiger charge is 2.34. The van der Waals surface area contributed by atoms with Crippen molar-refractivity contribution in [2.24, 2.45) is 0 Å². The molecule has 0 saturated carbocycles. The molecule has 11 nitrogen and oxygen atoms in total. The van der Waals surface area contributed by atoms with Crippen LogP contribution in [0.2, 0.25) is 0 Å². The molecule has 0 unspecified atom stereocenters. The molecule has 1 aliphatic rings. The van der Waals surface area contributed by atoms with Crippen LogP contribution in [0.15, 0.2) is 71.6 Å². The van der Waals surface area contributed by atoms with Crippen LogP contribution in [0.3, 0.4) is 0 Å². The molecule has 0 aliphatic carbocycles. The average Bonchev–Trinajstić information content (AvgIpc) is 3.17. The quantitative estimate of drug-likeness (QED) is 0.174. The van der Waals surface area contributed by atoms with Crippen LogP contribution in [0.25, 0.3) is 6.08 Å². The minimum Gasteiger partial charge on any atom is -0.493 e. The van der Waals surface area contributed by atoms with Gasteiger partial charge in [0.1, 0.15) is 0 Å². The number of carbonyl (C=O) groups is 2. The number of rotatable bonds is 10. The summed E-state index contributed by atoms with van der Waals surface area (Å²) in [6, 6.07) is 17.5. The Kier molecular flexibility index (Phi) is 8.02. The maximum atomic E-state index is 12.9. The first-order valence-corrected chi connectivity index (χ1v) is 12.2. The Morgan fingerprint density at radius 2 is 1.66 bits per heavy atom.